The molecule has 0 saturated carbocycles. The first kappa shape index (κ1) is 11.8. The van der Waals surface area contributed by atoms with E-state index in [9.17, 15) is 4.79 Å². The van der Waals surface area contributed by atoms with Gasteiger partial charge < -0.3 is 9.53 Å². The summed E-state index contributed by atoms with van der Waals surface area (Å²) in [6.07, 6.45) is 1.43. The number of aryl methyl sites for hydroxylation is 1. The van der Waals surface area contributed by atoms with Crippen LogP contribution >= 0.6 is 0 Å². The Morgan fingerprint density at radius 3 is 2.53 bits per heavy atom. The van der Waals surface area contributed by atoms with Gasteiger partial charge in [0.25, 0.3) is 0 Å². The number of aldehydes is 1. The van der Waals surface area contributed by atoms with Crippen molar-refractivity contribution in [2.45, 2.75) is 33.1 Å². The van der Waals surface area contributed by atoms with Crippen molar-refractivity contribution in [3.05, 3.63) is 28.8 Å². The molecule has 2 heteroatoms. The molecule has 0 fully saturated rings. The summed E-state index contributed by atoms with van der Waals surface area (Å²) in [4.78, 5) is 10.5. The average molecular weight is 206 g/mol. The van der Waals surface area contributed by atoms with Crippen LogP contribution in [0.15, 0.2) is 12.1 Å². The Bertz CT molecular complexity index is 354. The Hall–Kier alpha value is -1.31. The summed E-state index contributed by atoms with van der Waals surface area (Å²) in [5.74, 6) is 1.32. The Morgan fingerprint density at radius 2 is 2.07 bits per heavy atom. The van der Waals surface area contributed by atoms with Crippen molar-refractivity contribution in [1.29, 1.82) is 0 Å². The van der Waals surface area contributed by atoms with Crippen molar-refractivity contribution in [2.24, 2.45) is 0 Å². The third-order valence-electron chi connectivity index (χ3n) is 2.61. The molecule has 0 radical (unpaired) electrons. The van der Waals surface area contributed by atoms with Crippen LogP contribution in [0.25, 0.3) is 0 Å². The van der Waals surface area contributed by atoms with Crippen molar-refractivity contribution in [3.8, 4) is 5.75 Å². The van der Waals surface area contributed by atoms with E-state index in [1.165, 1.54) is 5.56 Å². The molecular weight excluding hydrogens is 188 g/mol. The zero-order valence-corrected chi connectivity index (χ0v) is 9.83. The van der Waals surface area contributed by atoms with Gasteiger partial charge in [-0.25, -0.2) is 0 Å². The van der Waals surface area contributed by atoms with Crippen molar-refractivity contribution >= 4 is 6.29 Å². The zero-order chi connectivity index (χ0) is 11.4. The van der Waals surface area contributed by atoms with E-state index in [2.05, 4.69) is 19.9 Å². The van der Waals surface area contributed by atoms with Gasteiger partial charge in [0.2, 0.25) is 0 Å². The predicted molar refractivity (Wildman–Crippen MR) is 61.6 cm³/mol. The van der Waals surface area contributed by atoms with E-state index in [1.807, 2.05) is 13.0 Å². The molecule has 1 rings (SSSR count). The number of hydrogen-bond donors (Lipinski definition) is 0. The highest BCUT2D eigenvalue weighted by Gasteiger charge is 2.10. The number of hydrogen-bond acceptors (Lipinski definition) is 2. The normalized spacial score (nSPS) is 10.5. The van der Waals surface area contributed by atoms with Gasteiger partial charge in [0, 0.05) is 6.42 Å². The van der Waals surface area contributed by atoms with Crippen LogP contribution in [0.2, 0.25) is 0 Å². The van der Waals surface area contributed by atoms with Crippen LogP contribution in [0.1, 0.15) is 36.5 Å². The predicted octanol–water partition coefficient (Wildman–Crippen LogP) is 2.87. The molecule has 0 N–H and O–H groups in total. The summed E-state index contributed by atoms with van der Waals surface area (Å²) in [6.45, 7) is 6.25. The van der Waals surface area contributed by atoms with Crippen LogP contribution in [0.4, 0.5) is 0 Å². The van der Waals surface area contributed by atoms with Gasteiger partial charge in [-0.05, 0) is 35.6 Å². The minimum Gasteiger partial charge on any atom is -0.496 e. The third kappa shape index (κ3) is 2.58. The minimum atomic E-state index is 0.408. The smallest absolute Gasteiger partial charge is 0.124 e. The Balaban J connectivity index is 3.23. The molecule has 0 unspecified atom stereocenters. The van der Waals surface area contributed by atoms with Gasteiger partial charge in [-0.1, -0.05) is 19.9 Å². The summed E-state index contributed by atoms with van der Waals surface area (Å²) in [7, 11) is 1.68. The van der Waals surface area contributed by atoms with Gasteiger partial charge >= 0.3 is 0 Å². The maximum absolute atomic E-state index is 10.5. The Labute approximate surface area is 91.3 Å². The summed E-state index contributed by atoms with van der Waals surface area (Å²) in [5.41, 5.74) is 3.37. The molecule has 2 nitrogen and oxygen atoms in total. The SMILES string of the molecule is COc1cc(C)c(CC=O)cc1C(C)C. The first-order chi connectivity index (χ1) is 7.10. The fourth-order valence-electron chi connectivity index (χ4n) is 1.68. The largest absolute Gasteiger partial charge is 0.496 e. The highest BCUT2D eigenvalue weighted by Crippen LogP contribution is 2.29. The molecule has 0 aliphatic heterocycles. The fraction of sp³-hybridized carbons (Fsp3) is 0.462. The highest BCUT2D eigenvalue weighted by molar-refractivity contribution is 5.58. The lowest BCUT2D eigenvalue weighted by Gasteiger charge is -2.15. The van der Waals surface area contributed by atoms with Gasteiger partial charge in [0.1, 0.15) is 12.0 Å². The lowest BCUT2D eigenvalue weighted by Crippen LogP contribution is -1.99. The maximum atomic E-state index is 10.5. The van der Waals surface area contributed by atoms with Gasteiger partial charge in [-0.3, -0.25) is 0 Å². The minimum absolute atomic E-state index is 0.408. The summed E-state index contributed by atoms with van der Waals surface area (Å²) < 4.78 is 5.33. The molecule has 0 aromatic heterocycles. The van der Waals surface area contributed by atoms with Crippen LogP contribution in [-0.4, -0.2) is 13.4 Å². The van der Waals surface area contributed by atoms with Gasteiger partial charge in [0.05, 0.1) is 7.11 Å². The second-order valence-corrected chi connectivity index (χ2v) is 4.05. The second kappa shape index (κ2) is 4.96. The van der Waals surface area contributed by atoms with E-state index < -0.39 is 0 Å². The summed E-state index contributed by atoms with van der Waals surface area (Å²) in [6, 6.07) is 4.08. The van der Waals surface area contributed by atoms with Crippen LogP contribution in [0.5, 0.6) is 5.75 Å². The van der Waals surface area contributed by atoms with Crippen molar-refractivity contribution in [3.63, 3.8) is 0 Å². The molecule has 0 aliphatic rings. The first-order valence-corrected chi connectivity index (χ1v) is 5.21. The molecule has 0 saturated heterocycles. The average Bonchev–Trinajstić information content (AvgIpc) is 2.20. The highest BCUT2D eigenvalue weighted by atomic mass is 16.5. The molecule has 0 amide bonds. The summed E-state index contributed by atoms with van der Waals surface area (Å²) in [5, 5.41) is 0. The lowest BCUT2D eigenvalue weighted by molar-refractivity contribution is -0.107. The standard InChI is InChI=1S/C13H18O2/c1-9(2)12-8-11(5-6-14)10(3)7-13(12)15-4/h6-9H,5H2,1-4H3. The van der Waals surface area contributed by atoms with Crippen LogP contribution in [0, 0.1) is 6.92 Å². The van der Waals surface area contributed by atoms with Crippen LogP contribution in [0.3, 0.4) is 0 Å². The van der Waals surface area contributed by atoms with E-state index in [0.29, 0.717) is 12.3 Å². The van der Waals surface area contributed by atoms with E-state index in [4.69, 9.17) is 4.74 Å². The van der Waals surface area contributed by atoms with Crippen LogP contribution in [-0.2, 0) is 11.2 Å². The Morgan fingerprint density at radius 1 is 1.40 bits per heavy atom. The molecule has 0 atom stereocenters. The molecule has 82 valence electrons. The number of rotatable bonds is 4. The van der Waals surface area contributed by atoms with Crippen LogP contribution < -0.4 is 4.74 Å². The Kier molecular flexibility index (Phi) is 3.89. The molecule has 1 aromatic carbocycles. The van der Waals surface area contributed by atoms with Crippen molar-refractivity contribution < 1.29 is 9.53 Å². The van der Waals surface area contributed by atoms with Crippen molar-refractivity contribution in [1.82, 2.24) is 0 Å². The molecule has 15 heavy (non-hydrogen) atoms. The van der Waals surface area contributed by atoms with Gasteiger partial charge in [-0.15, -0.1) is 0 Å². The van der Waals surface area contributed by atoms with Crippen molar-refractivity contribution in [2.75, 3.05) is 7.11 Å². The molecule has 0 spiro atoms. The number of ether oxygens (including phenoxy) is 1. The van der Waals surface area contributed by atoms with Gasteiger partial charge in [0.15, 0.2) is 0 Å². The number of carbonyl (C=O) groups excluding carboxylic acids is 1. The molecule has 0 bridgehead atoms. The number of benzene rings is 1. The monoisotopic (exact) mass is 206 g/mol. The first-order valence-electron chi connectivity index (χ1n) is 5.21. The fourth-order valence-corrected chi connectivity index (χ4v) is 1.68. The molecule has 0 heterocycles. The van der Waals surface area contributed by atoms with E-state index in [0.717, 1.165) is 23.2 Å². The van der Waals surface area contributed by atoms with E-state index in [1.54, 1.807) is 7.11 Å². The number of carbonyl (C=O) groups is 1. The van der Waals surface area contributed by atoms with Gasteiger partial charge in [-0.2, -0.15) is 0 Å². The number of methoxy groups -OCH3 is 1. The van der Waals surface area contributed by atoms with E-state index >= 15 is 0 Å². The molecule has 0 aliphatic carbocycles. The summed E-state index contributed by atoms with van der Waals surface area (Å²) >= 11 is 0. The zero-order valence-electron chi connectivity index (χ0n) is 9.83. The lowest BCUT2D eigenvalue weighted by atomic mass is 9.95. The molecular formula is C13H18O2. The quantitative estimate of drug-likeness (QED) is 0.708. The maximum Gasteiger partial charge on any atom is 0.124 e. The second-order valence-electron chi connectivity index (χ2n) is 4.05. The van der Waals surface area contributed by atoms with E-state index in [-0.39, 0.29) is 0 Å². The third-order valence-corrected chi connectivity index (χ3v) is 2.61. The molecule has 1 aromatic rings. The topological polar surface area (TPSA) is 26.3 Å².